The number of likely N-dealkylation sites (N-methyl/N-ethyl adjacent to an activating group) is 1. The molecule has 27 heavy (non-hydrogen) atoms. The SMILES string of the molecule is CN1CCC=C(c2nsnc2OCCCc2cccs2)C1.O=C(O)C(=O)O. The van der Waals surface area contributed by atoms with Crippen LogP contribution in [-0.4, -0.2) is 62.5 Å². The van der Waals surface area contributed by atoms with Gasteiger partial charge in [0.2, 0.25) is 0 Å². The van der Waals surface area contributed by atoms with Crippen molar-refractivity contribution >= 4 is 40.6 Å². The molecular formula is C17H21N3O5S2. The highest BCUT2D eigenvalue weighted by atomic mass is 32.1. The molecule has 2 aromatic rings. The van der Waals surface area contributed by atoms with Crippen LogP contribution in [-0.2, 0) is 16.0 Å². The Kier molecular flexibility index (Phi) is 8.37. The summed E-state index contributed by atoms with van der Waals surface area (Å²) in [5, 5.41) is 16.9. The quantitative estimate of drug-likeness (QED) is 0.551. The number of rotatable bonds is 6. The Labute approximate surface area is 165 Å². The van der Waals surface area contributed by atoms with Crippen molar-refractivity contribution < 1.29 is 24.5 Å². The standard InChI is InChI=1S/C15H19N3OS2.C2H2O4/c1-18-8-2-5-12(11-18)14-15(17-21-16-14)19-9-3-6-13-7-4-10-20-13;3-1(4)2(5)6/h4-5,7,10H,2-3,6,8-9,11H2,1H3;(H,3,4)(H,5,6). The fourth-order valence-electron chi connectivity index (χ4n) is 2.41. The van der Waals surface area contributed by atoms with Crippen LogP contribution in [0.25, 0.3) is 5.57 Å². The van der Waals surface area contributed by atoms with Crippen LogP contribution in [0.4, 0.5) is 0 Å². The Bertz CT molecular complexity index is 761. The molecule has 10 heteroatoms. The van der Waals surface area contributed by atoms with Gasteiger partial charge in [-0.15, -0.1) is 15.7 Å². The predicted molar refractivity (Wildman–Crippen MR) is 103 cm³/mol. The lowest BCUT2D eigenvalue weighted by Gasteiger charge is -2.22. The average molecular weight is 412 g/mol. The molecule has 0 saturated heterocycles. The van der Waals surface area contributed by atoms with E-state index in [0.717, 1.165) is 38.0 Å². The highest BCUT2D eigenvalue weighted by molar-refractivity contribution is 7.09. The Balaban J connectivity index is 0.000000380. The average Bonchev–Trinajstić information content (AvgIpc) is 3.31. The first-order valence-corrected chi connectivity index (χ1v) is 9.90. The van der Waals surface area contributed by atoms with E-state index >= 15 is 0 Å². The number of carboxylic acids is 2. The molecule has 0 saturated carbocycles. The van der Waals surface area contributed by atoms with Gasteiger partial charge in [-0.2, -0.15) is 4.37 Å². The number of carbonyl (C=O) groups is 2. The summed E-state index contributed by atoms with van der Waals surface area (Å²) < 4.78 is 14.6. The molecule has 146 valence electrons. The maximum Gasteiger partial charge on any atom is 0.414 e. The van der Waals surface area contributed by atoms with Gasteiger partial charge in [-0.3, -0.25) is 0 Å². The van der Waals surface area contributed by atoms with Gasteiger partial charge in [0, 0.05) is 18.0 Å². The molecule has 3 rings (SSSR count). The summed E-state index contributed by atoms with van der Waals surface area (Å²) in [5.41, 5.74) is 2.17. The van der Waals surface area contributed by atoms with Crippen LogP contribution >= 0.6 is 23.1 Å². The number of aromatic nitrogens is 2. The molecule has 1 aliphatic rings. The molecule has 0 fully saturated rings. The number of aryl methyl sites for hydroxylation is 1. The van der Waals surface area contributed by atoms with Gasteiger partial charge in [0.1, 0.15) is 5.69 Å². The summed E-state index contributed by atoms with van der Waals surface area (Å²) >= 11 is 3.04. The number of hydrogen-bond donors (Lipinski definition) is 2. The van der Waals surface area contributed by atoms with Crippen molar-refractivity contribution in [3.8, 4) is 5.88 Å². The normalized spacial score (nSPS) is 14.0. The van der Waals surface area contributed by atoms with Crippen LogP contribution in [0.5, 0.6) is 5.88 Å². The molecule has 0 atom stereocenters. The van der Waals surface area contributed by atoms with Gasteiger partial charge in [-0.1, -0.05) is 12.1 Å². The molecule has 0 amide bonds. The van der Waals surface area contributed by atoms with Crippen LogP contribution in [0.15, 0.2) is 23.6 Å². The molecule has 0 unspecified atom stereocenters. The van der Waals surface area contributed by atoms with Gasteiger partial charge in [0.25, 0.3) is 5.88 Å². The molecular weight excluding hydrogens is 390 g/mol. The fourth-order valence-corrected chi connectivity index (χ4v) is 3.69. The van der Waals surface area contributed by atoms with Crippen molar-refractivity contribution in [1.82, 2.24) is 13.6 Å². The minimum atomic E-state index is -1.82. The molecule has 0 bridgehead atoms. The number of thiophene rings is 1. The van der Waals surface area contributed by atoms with Gasteiger partial charge >= 0.3 is 11.9 Å². The lowest BCUT2D eigenvalue weighted by Crippen LogP contribution is -2.25. The smallest absolute Gasteiger partial charge is 0.414 e. The van der Waals surface area contributed by atoms with E-state index < -0.39 is 11.9 Å². The van der Waals surface area contributed by atoms with Crippen molar-refractivity contribution in [2.24, 2.45) is 0 Å². The Morgan fingerprint density at radius 1 is 1.30 bits per heavy atom. The molecule has 8 nitrogen and oxygen atoms in total. The zero-order valence-corrected chi connectivity index (χ0v) is 16.5. The van der Waals surface area contributed by atoms with E-state index in [9.17, 15) is 0 Å². The second-order valence-electron chi connectivity index (χ2n) is 5.82. The predicted octanol–water partition coefficient (Wildman–Crippen LogP) is 2.49. The Hall–Kier alpha value is -2.30. The van der Waals surface area contributed by atoms with Crippen LogP contribution in [0.2, 0.25) is 0 Å². The van der Waals surface area contributed by atoms with Crippen molar-refractivity contribution in [3.05, 3.63) is 34.2 Å². The first-order chi connectivity index (χ1) is 13.0. The van der Waals surface area contributed by atoms with Crippen LogP contribution in [0, 0.1) is 0 Å². The molecule has 0 aliphatic carbocycles. The second-order valence-corrected chi connectivity index (χ2v) is 7.38. The van der Waals surface area contributed by atoms with E-state index in [4.69, 9.17) is 24.5 Å². The van der Waals surface area contributed by atoms with Crippen LogP contribution in [0.1, 0.15) is 23.4 Å². The monoisotopic (exact) mass is 411 g/mol. The number of ether oxygens (including phenoxy) is 1. The minimum Gasteiger partial charge on any atom is -0.475 e. The summed E-state index contributed by atoms with van der Waals surface area (Å²) in [4.78, 5) is 21.9. The topological polar surface area (TPSA) is 113 Å². The van der Waals surface area contributed by atoms with E-state index in [2.05, 4.69) is 44.3 Å². The number of hydrogen-bond acceptors (Lipinski definition) is 8. The van der Waals surface area contributed by atoms with Gasteiger partial charge in [0.15, 0.2) is 0 Å². The molecule has 0 aromatic carbocycles. The van der Waals surface area contributed by atoms with Crippen molar-refractivity contribution in [2.45, 2.75) is 19.3 Å². The Morgan fingerprint density at radius 2 is 2.07 bits per heavy atom. The third-order valence-corrected chi connectivity index (χ3v) is 5.12. The van der Waals surface area contributed by atoms with Crippen molar-refractivity contribution in [3.63, 3.8) is 0 Å². The maximum absolute atomic E-state index is 9.10. The van der Waals surface area contributed by atoms with Gasteiger partial charge in [0.05, 0.1) is 18.3 Å². The molecule has 1 aliphatic heterocycles. The summed E-state index contributed by atoms with van der Waals surface area (Å²) in [6.45, 7) is 2.73. The molecule has 0 spiro atoms. The van der Waals surface area contributed by atoms with Crippen molar-refractivity contribution in [1.29, 1.82) is 0 Å². The zero-order chi connectivity index (χ0) is 19.6. The molecule has 2 N–H and O–H groups in total. The maximum atomic E-state index is 9.10. The van der Waals surface area contributed by atoms with E-state index in [1.54, 1.807) is 11.3 Å². The summed E-state index contributed by atoms with van der Waals surface area (Å²) in [6.07, 6.45) is 5.41. The van der Waals surface area contributed by atoms with Gasteiger partial charge < -0.3 is 19.8 Å². The Morgan fingerprint density at radius 3 is 2.70 bits per heavy atom. The zero-order valence-electron chi connectivity index (χ0n) is 14.8. The second kappa shape index (κ2) is 10.8. The highest BCUT2D eigenvalue weighted by Gasteiger charge is 2.18. The van der Waals surface area contributed by atoms with Crippen molar-refractivity contribution in [2.75, 3.05) is 26.7 Å². The van der Waals surface area contributed by atoms with E-state index in [-0.39, 0.29) is 0 Å². The number of aliphatic carboxylic acids is 2. The number of nitrogens with zero attached hydrogens (tertiary/aromatic N) is 3. The van der Waals surface area contributed by atoms with E-state index in [0.29, 0.717) is 12.5 Å². The minimum absolute atomic E-state index is 0.694. The third kappa shape index (κ3) is 7.08. The molecule has 0 radical (unpaired) electrons. The van der Waals surface area contributed by atoms with Gasteiger partial charge in [-0.05, 0) is 43.3 Å². The summed E-state index contributed by atoms with van der Waals surface area (Å²) in [7, 11) is 2.13. The number of carboxylic acid groups (broad SMARTS) is 2. The van der Waals surface area contributed by atoms with Crippen LogP contribution in [0.3, 0.4) is 0 Å². The van der Waals surface area contributed by atoms with Crippen LogP contribution < -0.4 is 4.74 Å². The summed E-state index contributed by atoms with van der Waals surface area (Å²) in [6, 6.07) is 4.26. The van der Waals surface area contributed by atoms with E-state index in [1.807, 2.05) is 0 Å². The lowest BCUT2D eigenvalue weighted by molar-refractivity contribution is -0.159. The first kappa shape index (κ1) is 21.0. The highest BCUT2D eigenvalue weighted by Crippen LogP contribution is 2.27. The fraction of sp³-hybridized carbons (Fsp3) is 0.412. The largest absolute Gasteiger partial charge is 0.475 e. The summed E-state index contributed by atoms with van der Waals surface area (Å²) in [5.74, 6) is -2.95. The first-order valence-electron chi connectivity index (χ1n) is 8.29. The molecule has 3 heterocycles. The molecule has 2 aromatic heterocycles. The van der Waals surface area contributed by atoms with Gasteiger partial charge in [-0.25, -0.2) is 9.59 Å². The van der Waals surface area contributed by atoms with E-state index in [1.165, 1.54) is 22.2 Å². The third-order valence-electron chi connectivity index (χ3n) is 3.67. The lowest BCUT2D eigenvalue weighted by atomic mass is 10.1.